The molecule has 0 amide bonds. The van der Waals surface area contributed by atoms with Crippen molar-refractivity contribution < 1.29 is 4.74 Å². The molecule has 0 saturated carbocycles. The Morgan fingerprint density at radius 3 is 2.53 bits per heavy atom. The summed E-state index contributed by atoms with van der Waals surface area (Å²) >= 11 is 5.85. The van der Waals surface area contributed by atoms with Crippen molar-refractivity contribution >= 4 is 17.3 Å². The number of halogens is 1. The lowest BCUT2D eigenvalue weighted by molar-refractivity contribution is 0.482. The molecule has 0 spiro atoms. The normalized spacial score (nSPS) is 10.0. The molecule has 0 radical (unpaired) electrons. The van der Waals surface area contributed by atoms with Crippen LogP contribution in [-0.4, -0.2) is 0 Å². The van der Waals surface area contributed by atoms with Gasteiger partial charge in [0.1, 0.15) is 17.2 Å². The molecule has 0 aliphatic carbocycles. The first-order valence-electron chi connectivity index (χ1n) is 5.06. The Morgan fingerprint density at radius 1 is 1.12 bits per heavy atom. The molecule has 0 atom stereocenters. The SMILES string of the molecule is Cc1cc(Oc2cccc(Cl)c2)ccc1N=O. The van der Waals surface area contributed by atoms with Gasteiger partial charge < -0.3 is 4.74 Å². The smallest absolute Gasteiger partial charge is 0.128 e. The molecular formula is C13H10ClNO2. The summed E-state index contributed by atoms with van der Waals surface area (Å²) in [6.07, 6.45) is 0. The number of nitrogens with zero attached hydrogens (tertiary/aromatic N) is 1. The van der Waals surface area contributed by atoms with E-state index in [4.69, 9.17) is 16.3 Å². The monoisotopic (exact) mass is 247 g/mol. The Labute approximate surface area is 104 Å². The summed E-state index contributed by atoms with van der Waals surface area (Å²) in [5.74, 6) is 1.31. The van der Waals surface area contributed by atoms with Crippen LogP contribution >= 0.6 is 11.6 Å². The summed E-state index contributed by atoms with van der Waals surface area (Å²) in [6, 6.07) is 12.2. The molecule has 0 bridgehead atoms. The third-order valence-electron chi connectivity index (χ3n) is 2.30. The number of nitroso groups, excluding NO2 is 1. The molecule has 2 aromatic carbocycles. The number of benzene rings is 2. The molecule has 0 heterocycles. The maximum atomic E-state index is 10.4. The van der Waals surface area contributed by atoms with Crippen LogP contribution < -0.4 is 4.74 Å². The molecule has 0 saturated heterocycles. The van der Waals surface area contributed by atoms with Gasteiger partial charge in [-0.3, -0.25) is 0 Å². The lowest BCUT2D eigenvalue weighted by Gasteiger charge is -2.07. The third-order valence-corrected chi connectivity index (χ3v) is 2.53. The zero-order chi connectivity index (χ0) is 12.3. The number of ether oxygens (including phenoxy) is 1. The zero-order valence-electron chi connectivity index (χ0n) is 9.18. The van der Waals surface area contributed by atoms with Crippen LogP contribution in [0.4, 0.5) is 5.69 Å². The molecule has 0 unspecified atom stereocenters. The summed E-state index contributed by atoms with van der Waals surface area (Å²) in [6.45, 7) is 1.81. The Balaban J connectivity index is 2.24. The molecule has 17 heavy (non-hydrogen) atoms. The summed E-state index contributed by atoms with van der Waals surface area (Å²) in [4.78, 5) is 10.4. The standard InChI is InChI=1S/C13H10ClNO2/c1-9-7-12(5-6-13(9)15-16)17-11-4-2-3-10(14)8-11/h2-8H,1H3. The third kappa shape index (κ3) is 2.82. The van der Waals surface area contributed by atoms with Gasteiger partial charge in [0.25, 0.3) is 0 Å². The number of aryl methyl sites for hydroxylation is 1. The average Bonchev–Trinajstić information content (AvgIpc) is 2.29. The highest BCUT2D eigenvalue weighted by Gasteiger charge is 2.02. The van der Waals surface area contributed by atoms with Gasteiger partial charge in [0, 0.05) is 5.02 Å². The van der Waals surface area contributed by atoms with E-state index in [9.17, 15) is 4.91 Å². The van der Waals surface area contributed by atoms with Gasteiger partial charge in [0.05, 0.1) is 0 Å². The van der Waals surface area contributed by atoms with Gasteiger partial charge in [-0.1, -0.05) is 17.7 Å². The first-order chi connectivity index (χ1) is 8.19. The summed E-state index contributed by atoms with van der Waals surface area (Å²) in [7, 11) is 0. The predicted octanol–water partition coefficient (Wildman–Crippen LogP) is 4.84. The van der Waals surface area contributed by atoms with Crippen LogP contribution in [0.5, 0.6) is 11.5 Å². The minimum atomic E-state index is 0.420. The molecule has 4 heteroatoms. The second-order valence-electron chi connectivity index (χ2n) is 3.60. The van der Waals surface area contributed by atoms with Crippen LogP contribution in [0.15, 0.2) is 47.6 Å². The fourth-order valence-electron chi connectivity index (χ4n) is 1.46. The molecule has 2 rings (SSSR count). The minimum absolute atomic E-state index is 0.420. The van der Waals surface area contributed by atoms with Gasteiger partial charge in [-0.25, -0.2) is 0 Å². The fourth-order valence-corrected chi connectivity index (χ4v) is 1.64. The highest BCUT2D eigenvalue weighted by Crippen LogP contribution is 2.28. The van der Waals surface area contributed by atoms with E-state index in [1.54, 1.807) is 30.3 Å². The van der Waals surface area contributed by atoms with E-state index in [0.717, 1.165) is 5.56 Å². The van der Waals surface area contributed by atoms with Crippen LogP contribution in [0, 0.1) is 11.8 Å². The summed E-state index contributed by atoms with van der Waals surface area (Å²) < 4.78 is 5.61. The van der Waals surface area contributed by atoms with E-state index in [1.807, 2.05) is 19.1 Å². The van der Waals surface area contributed by atoms with E-state index in [2.05, 4.69) is 5.18 Å². The molecule has 0 N–H and O–H groups in total. The van der Waals surface area contributed by atoms with E-state index in [0.29, 0.717) is 22.2 Å². The highest BCUT2D eigenvalue weighted by atomic mass is 35.5. The Bertz CT molecular complexity index is 555. The first-order valence-corrected chi connectivity index (χ1v) is 5.44. The van der Waals surface area contributed by atoms with Gasteiger partial charge in [-0.2, -0.15) is 0 Å². The fraction of sp³-hybridized carbons (Fsp3) is 0.0769. The van der Waals surface area contributed by atoms with Gasteiger partial charge in [-0.15, -0.1) is 4.91 Å². The topological polar surface area (TPSA) is 38.7 Å². The van der Waals surface area contributed by atoms with Gasteiger partial charge in [0.15, 0.2) is 0 Å². The number of rotatable bonds is 3. The zero-order valence-corrected chi connectivity index (χ0v) is 9.94. The van der Waals surface area contributed by atoms with Gasteiger partial charge in [0.2, 0.25) is 0 Å². The highest BCUT2D eigenvalue weighted by molar-refractivity contribution is 6.30. The number of hydrogen-bond acceptors (Lipinski definition) is 3. The van der Waals surface area contributed by atoms with Gasteiger partial charge in [-0.05, 0) is 54.1 Å². The average molecular weight is 248 g/mol. The summed E-state index contributed by atoms with van der Waals surface area (Å²) in [5.41, 5.74) is 1.20. The molecular weight excluding hydrogens is 238 g/mol. The van der Waals surface area contributed by atoms with Gasteiger partial charge >= 0.3 is 0 Å². The Kier molecular flexibility index (Phi) is 3.40. The van der Waals surface area contributed by atoms with Crippen molar-refractivity contribution in [3.63, 3.8) is 0 Å². The molecule has 2 aromatic rings. The van der Waals surface area contributed by atoms with Crippen molar-refractivity contribution in [3.8, 4) is 11.5 Å². The second kappa shape index (κ2) is 4.97. The quantitative estimate of drug-likeness (QED) is 0.728. The lowest BCUT2D eigenvalue weighted by atomic mass is 10.2. The van der Waals surface area contributed by atoms with Crippen molar-refractivity contribution in [1.29, 1.82) is 0 Å². The van der Waals surface area contributed by atoms with Crippen molar-refractivity contribution in [2.24, 2.45) is 5.18 Å². The van der Waals surface area contributed by atoms with E-state index >= 15 is 0 Å². The molecule has 86 valence electrons. The van der Waals surface area contributed by atoms with E-state index < -0.39 is 0 Å². The minimum Gasteiger partial charge on any atom is -0.457 e. The van der Waals surface area contributed by atoms with Crippen LogP contribution in [-0.2, 0) is 0 Å². The molecule has 0 aromatic heterocycles. The summed E-state index contributed by atoms with van der Waals surface area (Å²) in [5, 5.41) is 3.52. The maximum absolute atomic E-state index is 10.4. The van der Waals surface area contributed by atoms with Crippen molar-refractivity contribution in [2.75, 3.05) is 0 Å². The number of hydrogen-bond donors (Lipinski definition) is 0. The van der Waals surface area contributed by atoms with Crippen LogP contribution in [0.25, 0.3) is 0 Å². The van der Waals surface area contributed by atoms with E-state index in [-0.39, 0.29) is 0 Å². The largest absolute Gasteiger partial charge is 0.457 e. The van der Waals surface area contributed by atoms with Crippen molar-refractivity contribution in [2.45, 2.75) is 6.92 Å². The first kappa shape index (κ1) is 11.6. The molecule has 0 aliphatic heterocycles. The van der Waals surface area contributed by atoms with Crippen molar-refractivity contribution in [3.05, 3.63) is 58.0 Å². The molecule has 3 nitrogen and oxygen atoms in total. The second-order valence-corrected chi connectivity index (χ2v) is 4.04. The molecule has 0 aliphatic rings. The lowest BCUT2D eigenvalue weighted by Crippen LogP contribution is -1.85. The predicted molar refractivity (Wildman–Crippen MR) is 68.2 cm³/mol. The molecule has 0 fully saturated rings. The van der Waals surface area contributed by atoms with Crippen LogP contribution in [0.1, 0.15) is 5.56 Å². The Morgan fingerprint density at radius 2 is 1.88 bits per heavy atom. The maximum Gasteiger partial charge on any atom is 0.128 e. The van der Waals surface area contributed by atoms with E-state index in [1.165, 1.54) is 0 Å². The van der Waals surface area contributed by atoms with Crippen LogP contribution in [0.3, 0.4) is 0 Å². The van der Waals surface area contributed by atoms with Crippen molar-refractivity contribution in [1.82, 2.24) is 0 Å². The van der Waals surface area contributed by atoms with Crippen LogP contribution in [0.2, 0.25) is 5.02 Å². The Hall–Kier alpha value is -1.87.